The molecule has 0 saturated carbocycles. The molecule has 8 heteroatoms. The third kappa shape index (κ3) is 3.31. The van der Waals surface area contributed by atoms with Gasteiger partial charge in [0.2, 0.25) is 12.3 Å². The van der Waals surface area contributed by atoms with Gasteiger partial charge < -0.3 is 20.3 Å². The van der Waals surface area contributed by atoms with Gasteiger partial charge in [0.15, 0.2) is 11.9 Å². The summed E-state index contributed by atoms with van der Waals surface area (Å²) in [5.74, 6) is -1.12. The third-order valence-corrected chi connectivity index (χ3v) is 1.65. The van der Waals surface area contributed by atoms with Crippen LogP contribution in [-0.2, 0) is 20.9 Å². The molecule has 1 aromatic heterocycles. The van der Waals surface area contributed by atoms with E-state index in [4.69, 9.17) is 5.73 Å². The van der Waals surface area contributed by atoms with Gasteiger partial charge in [0, 0.05) is 0 Å². The predicted octanol–water partition coefficient (Wildman–Crippen LogP) is -1.42. The topological polar surface area (TPSA) is 120 Å². The third-order valence-electron chi connectivity index (χ3n) is 1.65. The maximum absolute atomic E-state index is 11.3. The second kappa shape index (κ2) is 5.81. The quantitative estimate of drug-likeness (QED) is 0.468. The van der Waals surface area contributed by atoms with Crippen molar-refractivity contribution in [2.24, 2.45) is 5.73 Å². The van der Waals surface area contributed by atoms with Crippen LogP contribution in [0.15, 0.2) is 10.9 Å². The van der Waals surface area contributed by atoms with E-state index >= 15 is 0 Å². The zero-order valence-corrected chi connectivity index (χ0v) is 8.67. The summed E-state index contributed by atoms with van der Waals surface area (Å²) in [6.07, 6.45) is 1.13. The number of hydrogen-bond donors (Lipinski definition) is 2. The van der Waals surface area contributed by atoms with Gasteiger partial charge in [-0.1, -0.05) is 5.16 Å². The van der Waals surface area contributed by atoms with Crippen molar-refractivity contribution in [3.8, 4) is 0 Å². The lowest BCUT2D eigenvalue weighted by Crippen LogP contribution is -2.46. The Labute approximate surface area is 91.1 Å². The predicted molar refractivity (Wildman–Crippen MR) is 50.8 cm³/mol. The van der Waals surface area contributed by atoms with Crippen LogP contribution in [0.4, 0.5) is 0 Å². The number of carbonyl (C=O) groups excluding carboxylic acids is 2. The van der Waals surface area contributed by atoms with Gasteiger partial charge >= 0.3 is 5.97 Å². The van der Waals surface area contributed by atoms with E-state index in [9.17, 15) is 9.59 Å². The Morgan fingerprint density at radius 3 is 3.00 bits per heavy atom. The van der Waals surface area contributed by atoms with Crippen LogP contribution in [0, 0.1) is 0 Å². The maximum Gasteiger partial charge on any atom is 0.332 e. The average molecular weight is 228 g/mol. The standard InChI is InChI=1S/C8H12N4O4/c1-2-15-8(14)6(9)7(13)10-3-5-11-4-16-12-5/h4,6H,2-3,9H2,1H3,(H,10,13). The Bertz CT molecular complexity index is 351. The number of hydrogen-bond acceptors (Lipinski definition) is 7. The van der Waals surface area contributed by atoms with Gasteiger partial charge in [0.25, 0.3) is 0 Å². The summed E-state index contributed by atoms with van der Waals surface area (Å²) in [5.41, 5.74) is 5.34. The number of nitrogens with zero attached hydrogens (tertiary/aromatic N) is 2. The van der Waals surface area contributed by atoms with E-state index in [1.54, 1.807) is 6.92 Å². The van der Waals surface area contributed by atoms with Gasteiger partial charge in [0.1, 0.15) is 0 Å². The molecule has 1 amide bonds. The van der Waals surface area contributed by atoms with E-state index in [0.717, 1.165) is 6.39 Å². The lowest BCUT2D eigenvalue weighted by atomic mass is 10.3. The fraction of sp³-hybridized carbons (Fsp3) is 0.500. The van der Waals surface area contributed by atoms with Crippen LogP contribution in [0.1, 0.15) is 12.7 Å². The van der Waals surface area contributed by atoms with Crippen LogP contribution in [0.2, 0.25) is 0 Å². The second-order valence-corrected chi connectivity index (χ2v) is 2.79. The zero-order valence-electron chi connectivity index (χ0n) is 8.67. The van der Waals surface area contributed by atoms with Crippen molar-refractivity contribution in [3.05, 3.63) is 12.2 Å². The molecule has 0 radical (unpaired) electrons. The Morgan fingerprint density at radius 2 is 2.44 bits per heavy atom. The number of aromatic nitrogens is 2. The Morgan fingerprint density at radius 1 is 1.69 bits per heavy atom. The Hall–Kier alpha value is -1.96. The van der Waals surface area contributed by atoms with Gasteiger partial charge in [-0.25, -0.2) is 4.79 Å². The van der Waals surface area contributed by atoms with Crippen LogP contribution >= 0.6 is 0 Å². The fourth-order valence-electron chi connectivity index (χ4n) is 0.886. The van der Waals surface area contributed by atoms with Crippen LogP contribution in [0.25, 0.3) is 0 Å². The first-order valence-electron chi connectivity index (χ1n) is 4.60. The number of nitrogens with one attached hydrogen (secondary N) is 1. The number of ether oxygens (including phenoxy) is 1. The Kier molecular flexibility index (Phi) is 4.40. The Balaban J connectivity index is 2.37. The highest BCUT2D eigenvalue weighted by Crippen LogP contribution is 1.90. The molecule has 0 aliphatic heterocycles. The molecular formula is C8H12N4O4. The molecule has 1 aromatic rings. The van der Waals surface area contributed by atoms with E-state index < -0.39 is 17.9 Å². The maximum atomic E-state index is 11.3. The number of carbonyl (C=O) groups is 2. The number of amides is 1. The van der Waals surface area contributed by atoms with Gasteiger partial charge in [-0.15, -0.1) is 0 Å². The molecule has 0 fully saturated rings. The second-order valence-electron chi connectivity index (χ2n) is 2.79. The van der Waals surface area contributed by atoms with E-state index in [-0.39, 0.29) is 13.2 Å². The van der Waals surface area contributed by atoms with Gasteiger partial charge in [0.05, 0.1) is 13.2 Å². The molecule has 8 nitrogen and oxygen atoms in total. The molecule has 16 heavy (non-hydrogen) atoms. The summed E-state index contributed by atoms with van der Waals surface area (Å²) in [5, 5.41) is 5.85. The SMILES string of the molecule is CCOC(=O)C(N)C(=O)NCc1ncon1. The summed E-state index contributed by atoms with van der Waals surface area (Å²) in [7, 11) is 0. The summed E-state index contributed by atoms with van der Waals surface area (Å²) in [6.45, 7) is 1.84. The molecule has 0 bridgehead atoms. The van der Waals surface area contributed by atoms with Crippen molar-refractivity contribution >= 4 is 11.9 Å². The van der Waals surface area contributed by atoms with Crippen molar-refractivity contribution in [2.45, 2.75) is 19.5 Å². The molecule has 0 saturated heterocycles. The molecule has 1 rings (SSSR count). The van der Waals surface area contributed by atoms with Crippen LogP contribution in [0.3, 0.4) is 0 Å². The fourth-order valence-corrected chi connectivity index (χ4v) is 0.886. The smallest absolute Gasteiger partial charge is 0.332 e. The lowest BCUT2D eigenvalue weighted by molar-refractivity contribution is -0.148. The molecule has 3 N–H and O–H groups in total. The first-order chi connectivity index (χ1) is 7.65. The monoisotopic (exact) mass is 228 g/mol. The minimum Gasteiger partial charge on any atom is -0.464 e. The summed E-state index contributed by atoms with van der Waals surface area (Å²) in [4.78, 5) is 26.1. The highest BCUT2D eigenvalue weighted by atomic mass is 16.5. The molecule has 0 spiro atoms. The van der Waals surface area contributed by atoms with E-state index in [1.807, 2.05) is 0 Å². The lowest BCUT2D eigenvalue weighted by Gasteiger charge is -2.09. The minimum atomic E-state index is -1.34. The van der Waals surface area contributed by atoms with E-state index in [0.29, 0.717) is 5.82 Å². The average Bonchev–Trinajstić information content (AvgIpc) is 2.78. The highest BCUT2D eigenvalue weighted by Gasteiger charge is 2.23. The molecular weight excluding hydrogens is 216 g/mol. The molecule has 1 unspecified atom stereocenters. The molecule has 1 atom stereocenters. The number of esters is 1. The van der Waals surface area contributed by atoms with Crippen molar-refractivity contribution in [3.63, 3.8) is 0 Å². The van der Waals surface area contributed by atoms with Gasteiger partial charge in [-0.3, -0.25) is 4.79 Å². The molecule has 0 aliphatic carbocycles. The van der Waals surface area contributed by atoms with Crippen LogP contribution < -0.4 is 11.1 Å². The normalized spacial score (nSPS) is 11.9. The largest absolute Gasteiger partial charge is 0.464 e. The highest BCUT2D eigenvalue weighted by molar-refractivity contribution is 6.01. The molecule has 0 aliphatic rings. The van der Waals surface area contributed by atoms with Crippen molar-refractivity contribution in [1.29, 1.82) is 0 Å². The summed E-state index contributed by atoms with van der Waals surface area (Å²) in [6, 6.07) is -1.34. The van der Waals surface area contributed by atoms with Crippen LogP contribution in [0.5, 0.6) is 0 Å². The first-order valence-corrected chi connectivity index (χ1v) is 4.60. The van der Waals surface area contributed by atoms with E-state index in [2.05, 4.69) is 24.7 Å². The van der Waals surface area contributed by atoms with Gasteiger partial charge in [-0.05, 0) is 6.92 Å². The first kappa shape index (κ1) is 12.1. The molecule has 1 heterocycles. The van der Waals surface area contributed by atoms with E-state index in [1.165, 1.54) is 0 Å². The molecule has 0 aromatic carbocycles. The van der Waals surface area contributed by atoms with Crippen molar-refractivity contribution in [1.82, 2.24) is 15.5 Å². The van der Waals surface area contributed by atoms with Gasteiger partial charge in [-0.2, -0.15) is 4.98 Å². The van der Waals surface area contributed by atoms with Crippen LogP contribution in [-0.4, -0.2) is 34.7 Å². The van der Waals surface area contributed by atoms with Crippen molar-refractivity contribution < 1.29 is 18.8 Å². The minimum absolute atomic E-state index is 0.0441. The number of rotatable bonds is 5. The summed E-state index contributed by atoms with van der Waals surface area (Å²) >= 11 is 0. The zero-order chi connectivity index (χ0) is 12.0. The summed E-state index contributed by atoms with van der Waals surface area (Å²) < 4.78 is 9.05. The number of nitrogens with two attached hydrogens (primary N) is 1. The van der Waals surface area contributed by atoms with Crippen molar-refractivity contribution in [2.75, 3.05) is 6.61 Å². The molecule has 88 valence electrons.